The van der Waals surface area contributed by atoms with E-state index in [2.05, 4.69) is 10.6 Å². The first-order chi connectivity index (χ1) is 11.4. The zero-order valence-electron chi connectivity index (χ0n) is 14.0. The van der Waals surface area contributed by atoms with Gasteiger partial charge in [0, 0.05) is 17.5 Å². The second-order valence-corrected chi connectivity index (χ2v) is 6.52. The highest BCUT2D eigenvalue weighted by Crippen LogP contribution is 2.38. The lowest BCUT2D eigenvalue weighted by molar-refractivity contribution is -0.119. The minimum absolute atomic E-state index is 0.0270. The van der Waals surface area contributed by atoms with Crippen LogP contribution in [0.2, 0.25) is 0 Å². The molecule has 2 amide bonds. The van der Waals surface area contributed by atoms with Crippen LogP contribution in [0.25, 0.3) is 5.57 Å². The maximum Gasteiger partial charge on any atom is 0.248 e. The molecule has 0 aromatic heterocycles. The fourth-order valence-corrected chi connectivity index (χ4v) is 2.81. The minimum atomic E-state index is -0.591. The molecule has 1 aliphatic rings. The number of carbonyl (C=O) groups is 2. The van der Waals surface area contributed by atoms with E-state index >= 15 is 0 Å². The lowest BCUT2D eigenvalue weighted by Gasteiger charge is -2.15. The summed E-state index contributed by atoms with van der Waals surface area (Å²) in [7, 11) is 0. The first-order valence-corrected chi connectivity index (χ1v) is 7.88. The number of nitrogens with one attached hydrogen (secondary N) is 2. The summed E-state index contributed by atoms with van der Waals surface area (Å²) in [6.45, 7) is 5.65. The topological polar surface area (TPSA) is 58.2 Å². The largest absolute Gasteiger partial charge is 0.325 e. The van der Waals surface area contributed by atoms with Crippen molar-refractivity contribution < 1.29 is 9.59 Å². The van der Waals surface area contributed by atoms with Crippen LogP contribution in [0, 0.1) is 0 Å². The molecule has 0 unspecified atom stereocenters. The van der Waals surface area contributed by atoms with Crippen LogP contribution in [-0.4, -0.2) is 11.8 Å². The van der Waals surface area contributed by atoms with Crippen LogP contribution in [0.15, 0.2) is 54.6 Å². The minimum Gasteiger partial charge on any atom is -0.325 e. The van der Waals surface area contributed by atoms with Crippen molar-refractivity contribution in [3.63, 3.8) is 0 Å². The summed E-state index contributed by atoms with van der Waals surface area (Å²) >= 11 is 0. The number of hydrogen-bond acceptors (Lipinski definition) is 2. The number of allylic oxidation sites excluding steroid dienone is 1. The van der Waals surface area contributed by atoms with E-state index in [4.69, 9.17) is 0 Å². The molecule has 1 aliphatic heterocycles. The molecule has 4 heteroatoms. The summed E-state index contributed by atoms with van der Waals surface area (Å²) in [5.74, 6) is -0.216. The Kier molecular flexibility index (Phi) is 3.97. The zero-order valence-corrected chi connectivity index (χ0v) is 14.0. The molecule has 0 atom stereocenters. The molecule has 0 saturated carbocycles. The van der Waals surface area contributed by atoms with Crippen molar-refractivity contribution in [3.05, 3.63) is 65.7 Å². The summed E-state index contributed by atoms with van der Waals surface area (Å²) < 4.78 is 0. The van der Waals surface area contributed by atoms with E-state index in [1.54, 1.807) is 12.1 Å². The molecule has 2 aromatic rings. The van der Waals surface area contributed by atoms with E-state index in [1.807, 2.05) is 63.2 Å². The standard InChI is InChI=1S/C20H20N2O2/c1-13(14-7-5-4-6-8-14)11-18(23)21-15-9-10-17-16(12-15)20(2,3)19(24)22-17/h4-12H,1-3H3,(H,21,23)(H,22,24)/b13-11+. The van der Waals surface area contributed by atoms with Gasteiger partial charge in [0.1, 0.15) is 0 Å². The van der Waals surface area contributed by atoms with E-state index in [0.29, 0.717) is 5.69 Å². The molecule has 2 aromatic carbocycles. The van der Waals surface area contributed by atoms with Gasteiger partial charge in [0.05, 0.1) is 5.41 Å². The highest BCUT2D eigenvalue weighted by atomic mass is 16.2. The van der Waals surface area contributed by atoms with Gasteiger partial charge in [-0.2, -0.15) is 0 Å². The zero-order chi connectivity index (χ0) is 17.3. The van der Waals surface area contributed by atoms with Gasteiger partial charge >= 0.3 is 0 Å². The van der Waals surface area contributed by atoms with Gasteiger partial charge in [0.15, 0.2) is 0 Å². The van der Waals surface area contributed by atoms with E-state index < -0.39 is 5.41 Å². The highest BCUT2D eigenvalue weighted by molar-refractivity contribution is 6.07. The summed E-state index contributed by atoms with van der Waals surface area (Å²) in [5.41, 5.74) is 3.70. The van der Waals surface area contributed by atoms with Crippen LogP contribution in [0.1, 0.15) is 31.9 Å². The molecule has 0 saturated heterocycles. The number of hydrogen-bond donors (Lipinski definition) is 2. The highest BCUT2D eigenvalue weighted by Gasteiger charge is 2.38. The third kappa shape index (κ3) is 2.95. The first kappa shape index (κ1) is 16.0. The Morgan fingerprint density at radius 2 is 1.83 bits per heavy atom. The predicted molar refractivity (Wildman–Crippen MR) is 96.8 cm³/mol. The molecule has 0 bridgehead atoms. The SMILES string of the molecule is C/C(=C\C(=O)Nc1ccc2c(c1)C(C)(C)C(=O)N2)c1ccccc1. The Morgan fingerprint density at radius 3 is 2.54 bits per heavy atom. The van der Waals surface area contributed by atoms with Gasteiger partial charge in [-0.3, -0.25) is 9.59 Å². The Balaban J connectivity index is 1.79. The normalized spacial score (nSPS) is 15.6. The van der Waals surface area contributed by atoms with Crippen molar-refractivity contribution in [1.29, 1.82) is 0 Å². The van der Waals surface area contributed by atoms with Crippen molar-refractivity contribution >= 4 is 28.8 Å². The Labute approximate surface area is 141 Å². The smallest absolute Gasteiger partial charge is 0.248 e. The molecule has 0 spiro atoms. The number of rotatable bonds is 3. The van der Waals surface area contributed by atoms with E-state index in [0.717, 1.165) is 22.4 Å². The fourth-order valence-electron chi connectivity index (χ4n) is 2.81. The van der Waals surface area contributed by atoms with Crippen LogP contribution in [-0.2, 0) is 15.0 Å². The maximum absolute atomic E-state index is 12.3. The molecule has 0 aliphatic carbocycles. The quantitative estimate of drug-likeness (QED) is 0.841. The number of benzene rings is 2. The molecule has 0 radical (unpaired) electrons. The van der Waals surface area contributed by atoms with Gasteiger partial charge in [0.2, 0.25) is 11.8 Å². The molecule has 0 fully saturated rings. The maximum atomic E-state index is 12.3. The average Bonchev–Trinajstić information content (AvgIpc) is 2.78. The fraction of sp³-hybridized carbons (Fsp3) is 0.200. The number of anilines is 2. The number of amides is 2. The molecular formula is C20H20N2O2. The lowest BCUT2D eigenvalue weighted by atomic mass is 9.86. The van der Waals surface area contributed by atoms with Crippen molar-refractivity contribution in [3.8, 4) is 0 Å². The van der Waals surface area contributed by atoms with Gasteiger partial charge in [-0.25, -0.2) is 0 Å². The molecule has 4 nitrogen and oxygen atoms in total. The van der Waals surface area contributed by atoms with Gasteiger partial charge in [-0.1, -0.05) is 30.3 Å². The van der Waals surface area contributed by atoms with Crippen LogP contribution >= 0.6 is 0 Å². The summed E-state index contributed by atoms with van der Waals surface area (Å²) in [6.07, 6.45) is 1.58. The van der Waals surface area contributed by atoms with Crippen molar-refractivity contribution in [2.45, 2.75) is 26.2 Å². The van der Waals surface area contributed by atoms with Crippen molar-refractivity contribution in [1.82, 2.24) is 0 Å². The number of carbonyl (C=O) groups excluding carboxylic acids is 2. The Morgan fingerprint density at radius 1 is 1.12 bits per heavy atom. The first-order valence-electron chi connectivity index (χ1n) is 7.88. The van der Waals surface area contributed by atoms with Gasteiger partial charge < -0.3 is 10.6 Å². The second-order valence-electron chi connectivity index (χ2n) is 6.52. The third-order valence-electron chi connectivity index (χ3n) is 4.35. The van der Waals surface area contributed by atoms with E-state index in [9.17, 15) is 9.59 Å². The third-order valence-corrected chi connectivity index (χ3v) is 4.35. The lowest BCUT2D eigenvalue weighted by Crippen LogP contribution is -2.26. The average molecular weight is 320 g/mol. The Hall–Kier alpha value is -2.88. The van der Waals surface area contributed by atoms with Crippen LogP contribution in [0.3, 0.4) is 0 Å². The van der Waals surface area contributed by atoms with E-state index in [-0.39, 0.29) is 11.8 Å². The van der Waals surface area contributed by atoms with Crippen LogP contribution in [0.5, 0.6) is 0 Å². The molecule has 1 heterocycles. The molecular weight excluding hydrogens is 300 g/mol. The number of fused-ring (bicyclic) bond motifs is 1. The summed E-state index contributed by atoms with van der Waals surface area (Å²) in [5, 5.41) is 5.73. The molecule has 122 valence electrons. The van der Waals surface area contributed by atoms with Crippen molar-refractivity contribution in [2.24, 2.45) is 0 Å². The molecule has 24 heavy (non-hydrogen) atoms. The predicted octanol–water partition coefficient (Wildman–Crippen LogP) is 3.96. The van der Waals surface area contributed by atoms with Crippen LogP contribution in [0.4, 0.5) is 11.4 Å². The Bertz CT molecular complexity index is 836. The second kappa shape index (κ2) is 5.96. The molecule has 2 N–H and O–H groups in total. The van der Waals surface area contributed by atoms with Gasteiger partial charge in [0.25, 0.3) is 0 Å². The van der Waals surface area contributed by atoms with Gasteiger partial charge in [-0.05, 0) is 55.7 Å². The summed E-state index contributed by atoms with van der Waals surface area (Å²) in [6, 6.07) is 15.2. The van der Waals surface area contributed by atoms with Crippen molar-refractivity contribution in [2.75, 3.05) is 10.6 Å². The van der Waals surface area contributed by atoms with Crippen LogP contribution < -0.4 is 10.6 Å². The monoisotopic (exact) mass is 320 g/mol. The summed E-state index contributed by atoms with van der Waals surface area (Å²) in [4.78, 5) is 24.2. The van der Waals surface area contributed by atoms with E-state index in [1.165, 1.54) is 0 Å². The van der Waals surface area contributed by atoms with Gasteiger partial charge in [-0.15, -0.1) is 0 Å². The molecule has 3 rings (SSSR count).